The van der Waals surface area contributed by atoms with E-state index in [2.05, 4.69) is 5.32 Å². The lowest BCUT2D eigenvalue weighted by Gasteiger charge is -2.29. The molecule has 0 spiro atoms. The highest BCUT2D eigenvalue weighted by Gasteiger charge is 2.24. The van der Waals surface area contributed by atoms with Gasteiger partial charge < -0.3 is 16.0 Å². The van der Waals surface area contributed by atoms with E-state index in [0.717, 1.165) is 31.5 Å². The lowest BCUT2D eigenvalue weighted by atomic mass is 10.1. The van der Waals surface area contributed by atoms with Crippen LogP contribution in [0.4, 0.5) is 5.69 Å². The maximum Gasteiger partial charge on any atom is 0.252 e. The molecule has 5 heteroatoms. The van der Waals surface area contributed by atoms with Gasteiger partial charge in [-0.3, -0.25) is 9.59 Å². The van der Waals surface area contributed by atoms with Gasteiger partial charge in [-0.1, -0.05) is 6.07 Å². The number of likely N-dealkylation sites (tertiary alicyclic amines) is 1. The summed E-state index contributed by atoms with van der Waals surface area (Å²) >= 11 is 0. The van der Waals surface area contributed by atoms with Gasteiger partial charge in [-0.25, -0.2) is 0 Å². The van der Waals surface area contributed by atoms with Gasteiger partial charge in [0.25, 0.3) is 5.91 Å². The molecule has 1 aliphatic heterocycles. The van der Waals surface area contributed by atoms with Crippen LogP contribution in [0.1, 0.15) is 42.1 Å². The molecule has 2 amide bonds. The first-order chi connectivity index (χ1) is 10.0. The van der Waals surface area contributed by atoms with E-state index in [-0.39, 0.29) is 11.8 Å². The van der Waals surface area contributed by atoms with Crippen LogP contribution in [0.3, 0.4) is 0 Å². The number of nitrogens with zero attached hydrogens (tertiary/aromatic N) is 1. The van der Waals surface area contributed by atoms with Gasteiger partial charge in [0.1, 0.15) is 6.04 Å². The maximum absolute atomic E-state index is 12.3. The lowest BCUT2D eigenvalue weighted by Crippen LogP contribution is -2.48. The van der Waals surface area contributed by atoms with Crippen molar-refractivity contribution in [2.24, 2.45) is 0 Å². The first kappa shape index (κ1) is 15.4. The summed E-state index contributed by atoms with van der Waals surface area (Å²) in [5.74, 6) is -0.262. The monoisotopic (exact) mass is 289 g/mol. The van der Waals surface area contributed by atoms with Crippen LogP contribution in [0.5, 0.6) is 0 Å². The third-order valence-electron chi connectivity index (χ3n) is 4.01. The van der Waals surface area contributed by atoms with Gasteiger partial charge in [0, 0.05) is 24.3 Å². The molecular weight excluding hydrogens is 266 g/mol. The molecule has 0 aliphatic carbocycles. The summed E-state index contributed by atoms with van der Waals surface area (Å²) in [6.07, 6.45) is 3.26. The molecule has 0 aromatic heterocycles. The molecule has 21 heavy (non-hydrogen) atoms. The van der Waals surface area contributed by atoms with Crippen molar-refractivity contribution in [3.63, 3.8) is 0 Å². The van der Waals surface area contributed by atoms with E-state index in [1.54, 1.807) is 32.0 Å². The number of nitrogen functional groups attached to an aromatic ring is 1. The zero-order valence-corrected chi connectivity index (χ0v) is 12.7. The summed E-state index contributed by atoms with van der Waals surface area (Å²) in [7, 11) is 0. The SMILES string of the molecule is Cc1c(N)cccc1C(=O)NC(C)C(=O)N1CCCCC1. The molecule has 1 aromatic rings. The standard InChI is InChI=1S/C16H23N3O2/c1-11-13(7-6-8-14(11)17)15(20)18-12(2)16(21)19-9-4-3-5-10-19/h6-8,12H,3-5,9-10,17H2,1-2H3,(H,18,20). The van der Waals surface area contributed by atoms with Crippen molar-refractivity contribution in [2.45, 2.75) is 39.2 Å². The molecule has 1 fully saturated rings. The predicted molar refractivity (Wildman–Crippen MR) is 83.0 cm³/mol. The number of carbonyl (C=O) groups is 2. The highest BCUT2D eigenvalue weighted by atomic mass is 16.2. The fourth-order valence-corrected chi connectivity index (χ4v) is 2.62. The van der Waals surface area contributed by atoms with Gasteiger partial charge in [-0.05, 0) is 50.8 Å². The Morgan fingerprint density at radius 1 is 1.24 bits per heavy atom. The largest absolute Gasteiger partial charge is 0.398 e. The van der Waals surface area contributed by atoms with Crippen molar-refractivity contribution in [1.82, 2.24) is 10.2 Å². The number of rotatable bonds is 3. The van der Waals surface area contributed by atoms with E-state index in [4.69, 9.17) is 5.73 Å². The average Bonchev–Trinajstić information content (AvgIpc) is 2.50. The third-order valence-corrected chi connectivity index (χ3v) is 4.01. The molecule has 0 radical (unpaired) electrons. The van der Waals surface area contributed by atoms with E-state index in [0.29, 0.717) is 11.3 Å². The van der Waals surface area contributed by atoms with Crippen LogP contribution in [0.2, 0.25) is 0 Å². The van der Waals surface area contributed by atoms with Crippen molar-refractivity contribution in [1.29, 1.82) is 0 Å². The highest BCUT2D eigenvalue weighted by molar-refractivity contribution is 5.99. The molecule has 1 saturated heterocycles. The molecule has 114 valence electrons. The van der Waals surface area contributed by atoms with Crippen molar-refractivity contribution in [2.75, 3.05) is 18.8 Å². The Morgan fingerprint density at radius 2 is 1.90 bits per heavy atom. The highest BCUT2D eigenvalue weighted by Crippen LogP contribution is 2.16. The first-order valence-corrected chi connectivity index (χ1v) is 7.45. The topological polar surface area (TPSA) is 75.4 Å². The van der Waals surface area contributed by atoms with Gasteiger partial charge >= 0.3 is 0 Å². The minimum absolute atomic E-state index is 0.00962. The number of piperidine rings is 1. The van der Waals surface area contributed by atoms with E-state index >= 15 is 0 Å². The summed E-state index contributed by atoms with van der Waals surface area (Å²) in [6.45, 7) is 5.12. The summed E-state index contributed by atoms with van der Waals surface area (Å²) in [4.78, 5) is 26.4. The second-order valence-corrected chi connectivity index (χ2v) is 5.60. The number of hydrogen-bond acceptors (Lipinski definition) is 3. The van der Waals surface area contributed by atoms with Crippen LogP contribution in [0, 0.1) is 6.92 Å². The number of amides is 2. The smallest absolute Gasteiger partial charge is 0.252 e. The number of nitrogens with two attached hydrogens (primary N) is 1. The lowest BCUT2D eigenvalue weighted by molar-refractivity contribution is -0.133. The molecule has 1 heterocycles. The van der Waals surface area contributed by atoms with E-state index in [9.17, 15) is 9.59 Å². The normalized spacial score (nSPS) is 16.4. The van der Waals surface area contributed by atoms with E-state index in [1.807, 2.05) is 4.90 Å². The Morgan fingerprint density at radius 3 is 2.57 bits per heavy atom. The Hall–Kier alpha value is -2.04. The minimum atomic E-state index is -0.517. The average molecular weight is 289 g/mol. The van der Waals surface area contributed by atoms with Gasteiger partial charge in [0.05, 0.1) is 0 Å². The molecule has 1 aliphatic rings. The molecule has 1 atom stereocenters. The van der Waals surface area contributed by atoms with Crippen LogP contribution < -0.4 is 11.1 Å². The molecule has 5 nitrogen and oxygen atoms in total. The van der Waals surface area contributed by atoms with Crippen LogP contribution in [0.25, 0.3) is 0 Å². The molecule has 3 N–H and O–H groups in total. The summed E-state index contributed by atoms with van der Waals surface area (Å²) in [5, 5.41) is 2.78. The van der Waals surface area contributed by atoms with Crippen molar-refractivity contribution in [3.05, 3.63) is 29.3 Å². The minimum Gasteiger partial charge on any atom is -0.398 e. The van der Waals surface area contributed by atoms with Crippen LogP contribution >= 0.6 is 0 Å². The van der Waals surface area contributed by atoms with E-state index in [1.165, 1.54) is 6.42 Å². The third kappa shape index (κ3) is 3.54. The maximum atomic E-state index is 12.3. The summed E-state index contributed by atoms with van der Waals surface area (Å²) in [5.41, 5.74) is 7.66. The number of hydrogen-bond donors (Lipinski definition) is 2. The molecule has 2 rings (SSSR count). The quantitative estimate of drug-likeness (QED) is 0.832. The van der Waals surface area contributed by atoms with E-state index < -0.39 is 6.04 Å². The van der Waals surface area contributed by atoms with Gasteiger partial charge in [0.2, 0.25) is 5.91 Å². The first-order valence-electron chi connectivity index (χ1n) is 7.45. The zero-order valence-electron chi connectivity index (χ0n) is 12.7. The van der Waals surface area contributed by atoms with Crippen molar-refractivity contribution < 1.29 is 9.59 Å². The van der Waals surface area contributed by atoms with Crippen molar-refractivity contribution in [3.8, 4) is 0 Å². The number of carbonyl (C=O) groups excluding carboxylic acids is 2. The van der Waals surface area contributed by atoms with Crippen molar-refractivity contribution >= 4 is 17.5 Å². The fourth-order valence-electron chi connectivity index (χ4n) is 2.62. The zero-order chi connectivity index (χ0) is 15.4. The summed E-state index contributed by atoms with van der Waals surface area (Å²) < 4.78 is 0. The van der Waals surface area contributed by atoms with Gasteiger partial charge in [0.15, 0.2) is 0 Å². The number of nitrogens with one attached hydrogen (secondary N) is 1. The van der Waals surface area contributed by atoms with Crippen LogP contribution in [0.15, 0.2) is 18.2 Å². The fraction of sp³-hybridized carbons (Fsp3) is 0.500. The van der Waals surface area contributed by atoms with Crippen LogP contribution in [-0.4, -0.2) is 35.8 Å². The molecule has 1 aromatic carbocycles. The number of anilines is 1. The Balaban J connectivity index is 2.01. The predicted octanol–water partition coefficient (Wildman–Crippen LogP) is 1.71. The van der Waals surface area contributed by atoms with Gasteiger partial charge in [-0.2, -0.15) is 0 Å². The summed E-state index contributed by atoms with van der Waals surface area (Å²) in [6, 6.07) is 4.71. The second-order valence-electron chi connectivity index (χ2n) is 5.60. The Bertz CT molecular complexity index is 536. The van der Waals surface area contributed by atoms with Crippen LogP contribution in [-0.2, 0) is 4.79 Å². The Kier molecular flexibility index (Phi) is 4.83. The Labute approximate surface area is 125 Å². The molecule has 1 unspecified atom stereocenters. The molecular formula is C16H23N3O2. The molecule has 0 saturated carbocycles. The number of benzene rings is 1. The molecule has 0 bridgehead atoms. The second kappa shape index (κ2) is 6.61. The van der Waals surface area contributed by atoms with Gasteiger partial charge in [-0.15, -0.1) is 0 Å².